The fraction of sp³-hybridized carbons (Fsp3) is 0.387. The Hall–Kier alpha value is -3.85. The number of halogens is 2. The number of carboxylic acid groups (broad SMARTS) is 1. The van der Waals surface area contributed by atoms with Crippen molar-refractivity contribution in [1.29, 1.82) is 0 Å². The number of hydrogen-bond donors (Lipinski definition) is 1. The third-order valence-corrected chi connectivity index (χ3v) is 7.45. The van der Waals surface area contributed by atoms with Crippen LogP contribution in [0.3, 0.4) is 0 Å². The molecule has 0 saturated heterocycles. The van der Waals surface area contributed by atoms with E-state index in [0.717, 1.165) is 23.7 Å². The smallest absolute Gasteiger partial charge is 0.337 e. The van der Waals surface area contributed by atoms with Crippen LogP contribution in [0.1, 0.15) is 71.5 Å². The van der Waals surface area contributed by atoms with Crippen LogP contribution in [0.5, 0.6) is 5.75 Å². The third-order valence-electron chi connectivity index (χ3n) is 7.45. The van der Waals surface area contributed by atoms with Crippen LogP contribution >= 0.6 is 0 Å². The number of aromatic nitrogens is 1. The zero-order chi connectivity index (χ0) is 28.9. The zero-order valence-electron chi connectivity index (χ0n) is 23.2. The van der Waals surface area contributed by atoms with Crippen molar-refractivity contribution < 1.29 is 33.0 Å². The van der Waals surface area contributed by atoms with Gasteiger partial charge in [-0.1, -0.05) is 0 Å². The van der Waals surface area contributed by atoms with Crippen LogP contribution in [0, 0.1) is 25.5 Å². The van der Waals surface area contributed by atoms with Gasteiger partial charge in [-0.3, -0.25) is 9.78 Å². The van der Waals surface area contributed by atoms with Gasteiger partial charge in [-0.25, -0.2) is 13.6 Å². The molecule has 1 N–H and O–H groups in total. The number of ether oxygens (including phenoxy) is 2. The number of carbonyl (C=O) groups is 2. The van der Waals surface area contributed by atoms with Crippen LogP contribution in [0.15, 0.2) is 30.6 Å². The highest BCUT2D eigenvalue weighted by Gasteiger charge is 2.37. The summed E-state index contributed by atoms with van der Waals surface area (Å²) in [5, 5.41) is 10.3. The van der Waals surface area contributed by atoms with Crippen molar-refractivity contribution in [2.45, 2.75) is 65.6 Å². The number of pyridine rings is 1. The number of anilines is 1. The van der Waals surface area contributed by atoms with Gasteiger partial charge >= 0.3 is 5.97 Å². The van der Waals surface area contributed by atoms with Gasteiger partial charge in [-0.2, -0.15) is 0 Å². The standard InChI is InChI=1S/C31H32F2N2O5/c1-16-13-24-20(9-11-35(24)29(36)19-8-10-34-15-23(19)33)26(25(16)28(30(37)38)40-31(3,4)5)21-14-22(32)27-18(17(21)2)7-6-12-39-27/h8,10,13-15,28H,6-7,9,11-12H2,1-5H3,(H,37,38). The molecule has 1 atom stereocenters. The Labute approximate surface area is 231 Å². The van der Waals surface area contributed by atoms with E-state index in [1.54, 1.807) is 33.8 Å². The molecule has 0 radical (unpaired) electrons. The highest BCUT2D eigenvalue weighted by molar-refractivity contribution is 6.08. The van der Waals surface area contributed by atoms with E-state index in [9.17, 15) is 19.1 Å². The van der Waals surface area contributed by atoms with Crippen molar-refractivity contribution in [1.82, 2.24) is 4.98 Å². The lowest BCUT2D eigenvalue weighted by Crippen LogP contribution is -2.30. The van der Waals surface area contributed by atoms with Gasteiger partial charge in [0.05, 0.1) is 24.0 Å². The average molecular weight is 551 g/mol. The summed E-state index contributed by atoms with van der Waals surface area (Å²) < 4.78 is 41.7. The molecule has 2 aliphatic rings. The van der Waals surface area contributed by atoms with Crippen LogP contribution in [-0.4, -0.2) is 40.7 Å². The van der Waals surface area contributed by atoms with Crippen LogP contribution in [0.4, 0.5) is 14.5 Å². The quantitative estimate of drug-likeness (QED) is 0.412. The molecule has 1 aromatic heterocycles. The number of aliphatic carboxylic acids is 1. The number of carboxylic acids is 1. The third kappa shape index (κ3) is 4.83. The molecule has 3 aromatic rings. The van der Waals surface area contributed by atoms with Gasteiger partial charge in [0.2, 0.25) is 0 Å². The van der Waals surface area contributed by atoms with Crippen molar-refractivity contribution in [3.63, 3.8) is 0 Å². The molecular weight excluding hydrogens is 518 g/mol. The van der Waals surface area contributed by atoms with E-state index >= 15 is 4.39 Å². The largest absolute Gasteiger partial charge is 0.490 e. The van der Waals surface area contributed by atoms with Gasteiger partial charge in [0.25, 0.3) is 5.91 Å². The molecule has 0 bridgehead atoms. The van der Waals surface area contributed by atoms with E-state index in [1.165, 1.54) is 23.2 Å². The van der Waals surface area contributed by atoms with Gasteiger partial charge in [0, 0.05) is 29.6 Å². The highest BCUT2D eigenvalue weighted by Crippen LogP contribution is 2.47. The molecule has 2 aromatic carbocycles. The molecule has 0 saturated carbocycles. The summed E-state index contributed by atoms with van der Waals surface area (Å²) in [6.45, 7) is 9.63. The normalized spacial score (nSPS) is 15.3. The molecule has 7 nitrogen and oxygen atoms in total. The molecule has 0 fully saturated rings. The Bertz CT molecular complexity index is 1530. The van der Waals surface area contributed by atoms with E-state index in [0.29, 0.717) is 53.0 Å². The molecule has 40 heavy (non-hydrogen) atoms. The minimum atomic E-state index is -1.35. The molecule has 2 aliphatic heterocycles. The molecular formula is C31H32F2N2O5. The second-order valence-electron chi connectivity index (χ2n) is 11.3. The summed E-state index contributed by atoms with van der Waals surface area (Å²) in [4.78, 5) is 31.4. The first kappa shape index (κ1) is 27.7. The maximum absolute atomic E-state index is 15.5. The van der Waals surface area contributed by atoms with Gasteiger partial charge in [-0.15, -0.1) is 0 Å². The fourth-order valence-corrected chi connectivity index (χ4v) is 5.75. The molecule has 0 aliphatic carbocycles. The fourth-order valence-electron chi connectivity index (χ4n) is 5.75. The van der Waals surface area contributed by atoms with Crippen LogP contribution in [0.2, 0.25) is 0 Å². The van der Waals surface area contributed by atoms with Gasteiger partial charge in [-0.05, 0) is 99.9 Å². The Morgan fingerprint density at radius 3 is 2.55 bits per heavy atom. The summed E-state index contributed by atoms with van der Waals surface area (Å²) in [5.74, 6) is -2.73. The Morgan fingerprint density at radius 2 is 1.88 bits per heavy atom. The number of amides is 1. The first-order valence-electron chi connectivity index (χ1n) is 13.3. The van der Waals surface area contributed by atoms with Gasteiger partial charge < -0.3 is 19.5 Å². The molecule has 9 heteroatoms. The topological polar surface area (TPSA) is 89.0 Å². The Balaban J connectivity index is 1.79. The van der Waals surface area contributed by atoms with Crippen LogP contribution in [0.25, 0.3) is 11.1 Å². The van der Waals surface area contributed by atoms with E-state index in [1.807, 2.05) is 6.92 Å². The van der Waals surface area contributed by atoms with Gasteiger partial charge in [0.1, 0.15) is 0 Å². The molecule has 210 valence electrons. The van der Waals surface area contributed by atoms with Crippen LogP contribution < -0.4 is 9.64 Å². The highest BCUT2D eigenvalue weighted by atomic mass is 19.1. The average Bonchev–Trinajstić information content (AvgIpc) is 3.31. The number of aryl methyl sites for hydroxylation is 1. The number of nitrogens with zero attached hydrogens (tertiary/aromatic N) is 2. The van der Waals surface area contributed by atoms with Crippen molar-refractivity contribution in [3.8, 4) is 16.9 Å². The maximum Gasteiger partial charge on any atom is 0.337 e. The minimum absolute atomic E-state index is 0.112. The Morgan fingerprint density at radius 1 is 1.12 bits per heavy atom. The SMILES string of the molecule is Cc1cc2c(c(-c3cc(F)c4c(c3C)CCCO4)c1C(OC(C)(C)C)C(=O)O)CCN2C(=O)c1ccncc1F. The van der Waals surface area contributed by atoms with Crippen molar-refractivity contribution >= 4 is 17.6 Å². The summed E-state index contributed by atoms with van der Waals surface area (Å²) in [7, 11) is 0. The number of hydrogen-bond acceptors (Lipinski definition) is 5. The predicted octanol–water partition coefficient (Wildman–Crippen LogP) is 6.11. The van der Waals surface area contributed by atoms with Crippen molar-refractivity contribution in [2.24, 2.45) is 0 Å². The van der Waals surface area contributed by atoms with E-state index in [4.69, 9.17) is 9.47 Å². The lowest BCUT2D eigenvalue weighted by atomic mass is 9.83. The lowest BCUT2D eigenvalue weighted by molar-refractivity contribution is -0.160. The summed E-state index contributed by atoms with van der Waals surface area (Å²) >= 11 is 0. The summed E-state index contributed by atoms with van der Waals surface area (Å²) in [6.07, 6.45) is 2.73. The number of fused-ring (bicyclic) bond motifs is 2. The molecule has 3 heterocycles. The second-order valence-corrected chi connectivity index (χ2v) is 11.3. The lowest BCUT2D eigenvalue weighted by Gasteiger charge is -2.30. The summed E-state index contributed by atoms with van der Waals surface area (Å²) in [5.41, 5.74) is 3.88. The molecule has 0 spiro atoms. The van der Waals surface area contributed by atoms with Crippen LogP contribution in [-0.2, 0) is 22.4 Å². The molecule has 1 amide bonds. The van der Waals surface area contributed by atoms with Crippen molar-refractivity contribution in [3.05, 3.63) is 75.6 Å². The predicted molar refractivity (Wildman–Crippen MR) is 146 cm³/mol. The Kier molecular flexibility index (Phi) is 7.12. The second kappa shape index (κ2) is 10.3. The van der Waals surface area contributed by atoms with E-state index in [2.05, 4.69) is 4.98 Å². The maximum atomic E-state index is 15.5. The van der Waals surface area contributed by atoms with E-state index in [-0.39, 0.29) is 17.9 Å². The zero-order valence-corrected chi connectivity index (χ0v) is 23.2. The molecule has 5 rings (SSSR count). The van der Waals surface area contributed by atoms with Crippen molar-refractivity contribution in [2.75, 3.05) is 18.1 Å². The number of benzene rings is 2. The first-order chi connectivity index (χ1) is 18.9. The minimum Gasteiger partial charge on any atom is -0.490 e. The van der Waals surface area contributed by atoms with E-state index < -0.39 is 35.2 Å². The number of rotatable bonds is 5. The number of carbonyl (C=O) groups excluding carboxylic acids is 1. The monoisotopic (exact) mass is 550 g/mol. The summed E-state index contributed by atoms with van der Waals surface area (Å²) in [6, 6.07) is 4.47. The first-order valence-corrected chi connectivity index (χ1v) is 13.3. The van der Waals surface area contributed by atoms with Gasteiger partial charge in [0.15, 0.2) is 23.5 Å². The molecule has 1 unspecified atom stereocenters.